The van der Waals surface area contributed by atoms with Crippen LogP contribution in [0.15, 0.2) is 30.6 Å². The summed E-state index contributed by atoms with van der Waals surface area (Å²) in [5, 5.41) is 0. The number of ether oxygens (including phenoxy) is 1. The first kappa shape index (κ1) is 13.2. The Morgan fingerprint density at radius 2 is 1.86 bits per heavy atom. The minimum Gasteiger partial charge on any atom is -0.479 e. The summed E-state index contributed by atoms with van der Waals surface area (Å²) in [6.45, 7) is 0. The maximum absolute atomic E-state index is 6.02. The number of rotatable bonds is 3. The molecule has 0 atom stereocenters. The highest BCUT2D eigenvalue weighted by atomic mass is 16.5. The smallest absolute Gasteiger partial charge is 0.245 e. The van der Waals surface area contributed by atoms with Gasteiger partial charge in [0.25, 0.3) is 0 Å². The third-order valence-electron chi connectivity index (χ3n) is 3.25. The van der Waals surface area contributed by atoms with E-state index in [-0.39, 0.29) is 0 Å². The number of hydrogen-bond acceptors (Lipinski definition) is 6. The Balaban J connectivity index is 2.18. The Labute approximate surface area is 122 Å². The Hall–Kier alpha value is -2.83. The number of fused-ring (bicyclic) bond motifs is 1. The van der Waals surface area contributed by atoms with Gasteiger partial charge in [-0.3, -0.25) is 4.57 Å². The van der Waals surface area contributed by atoms with E-state index in [4.69, 9.17) is 10.5 Å². The zero-order valence-electron chi connectivity index (χ0n) is 12.1. The van der Waals surface area contributed by atoms with Crippen LogP contribution in [0.1, 0.15) is 0 Å². The van der Waals surface area contributed by atoms with Gasteiger partial charge in [0, 0.05) is 19.8 Å². The fraction of sp³-hybridized carbons (Fsp3) is 0.214. The molecule has 21 heavy (non-hydrogen) atoms. The molecule has 0 radical (unpaired) electrons. The Morgan fingerprint density at radius 1 is 1.14 bits per heavy atom. The second kappa shape index (κ2) is 4.93. The molecule has 2 aromatic heterocycles. The minimum atomic E-state index is 0.349. The predicted octanol–water partition coefficient (Wildman–Crippen LogP) is 1.47. The van der Waals surface area contributed by atoms with Crippen LogP contribution in [0.5, 0.6) is 5.88 Å². The van der Waals surface area contributed by atoms with Crippen LogP contribution < -0.4 is 15.4 Å². The molecule has 3 aromatic rings. The van der Waals surface area contributed by atoms with E-state index in [9.17, 15) is 0 Å². The van der Waals surface area contributed by atoms with Crippen molar-refractivity contribution in [2.24, 2.45) is 0 Å². The standard InChI is InChI=1S/C14H16N6O/c1-19(2)9-4-6-10(7-5-9)20-12-11(18-14(20)15)13(21-3)17-8-16-12/h4-8H,1-3H3,(H2,15,18). The summed E-state index contributed by atoms with van der Waals surface area (Å²) < 4.78 is 6.97. The van der Waals surface area contributed by atoms with E-state index < -0.39 is 0 Å². The number of hydrogen-bond donors (Lipinski definition) is 1. The van der Waals surface area contributed by atoms with Crippen molar-refractivity contribution >= 4 is 22.8 Å². The van der Waals surface area contributed by atoms with Crippen molar-refractivity contribution in [3.8, 4) is 11.6 Å². The summed E-state index contributed by atoms with van der Waals surface area (Å²) in [7, 11) is 5.53. The molecule has 0 saturated carbocycles. The number of nitrogen functional groups attached to an aromatic ring is 1. The molecule has 1 aromatic carbocycles. The highest BCUT2D eigenvalue weighted by Gasteiger charge is 2.15. The quantitative estimate of drug-likeness (QED) is 0.784. The van der Waals surface area contributed by atoms with E-state index in [0.717, 1.165) is 11.4 Å². The molecule has 0 saturated heterocycles. The van der Waals surface area contributed by atoms with Gasteiger partial charge in [0.2, 0.25) is 11.8 Å². The fourth-order valence-corrected chi connectivity index (χ4v) is 2.19. The number of anilines is 2. The van der Waals surface area contributed by atoms with Crippen LogP contribution in [0.25, 0.3) is 16.9 Å². The van der Waals surface area contributed by atoms with Crippen molar-refractivity contribution in [2.45, 2.75) is 0 Å². The van der Waals surface area contributed by atoms with E-state index in [0.29, 0.717) is 23.0 Å². The lowest BCUT2D eigenvalue weighted by Crippen LogP contribution is -2.08. The van der Waals surface area contributed by atoms with E-state index >= 15 is 0 Å². The van der Waals surface area contributed by atoms with Gasteiger partial charge in [0.15, 0.2) is 11.2 Å². The van der Waals surface area contributed by atoms with Crippen molar-refractivity contribution in [1.82, 2.24) is 19.5 Å². The van der Waals surface area contributed by atoms with Gasteiger partial charge in [-0.05, 0) is 24.3 Å². The van der Waals surface area contributed by atoms with Gasteiger partial charge in [-0.15, -0.1) is 0 Å². The second-order valence-corrected chi connectivity index (χ2v) is 4.77. The molecule has 0 aliphatic heterocycles. The van der Waals surface area contributed by atoms with Gasteiger partial charge in [-0.1, -0.05) is 0 Å². The van der Waals surface area contributed by atoms with Gasteiger partial charge in [0.1, 0.15) is 6.33 Å². The summed E-state index contributed by atoms with van der Waals surface area (Å²) in [4.78, 5) is 14.6. The number of aromatic nitrogens is 4. The molecule has 108 valence electrons. The third-order valence-corrected chi connectivity index (χ3v) is 3.25. The molecular formula is C14H16N6O. The lowest BCUT2D eigenvalue weighted by Gasteiger charge is -2.13. The summed E-state index contributed by atoms with van der Waals surface area (Å²) in [6.07, 6.45) is 1.44. The molecular weight excluding hydrogens is 268 g/mol. The topological polar surface area (TPSA) is 82.1 Å². The van der Waals surface area contributed by atoms with E-state index in [2.05, 4.69) is 15.0 Å². The molecule has 0 fully saturated rings. The number of imidazole rings is 1. The average Bonchev–Trinajstić information content (AvgIpc) is 2.83. The largest absolute Gasteiger partial charge is 0.479 e. The van der Waals surface area contributed by atoms with Crippen LogP contribution in [0.4, 0.5) is 11.6 Å². The van der Waals surface area contributed by atoms with Crippen LogP contribution in [0, 0.1) is 0 Å². The second-order valence-electron chi connectivity index (χ2n) is 4.77. The normalized spacial score (nSPS) is 10.8. The molecule has 2 N–H and O–H groups in total. The Bertz CT molecular complexity index is 778. The summed E-state index contributed by atoms with van der Waals surface area (Å²) in [5.41, 5.74) is 9.19. The summed E-state index contributed by atoms with van der Waals surface area (Å²) in [5.74, 6) is 0.761. The molecule has 0 aliphatic rings. The highest BCUT2D eigenvalue weighted by molar-refractivity contribution is 5.81. The molecule has 0 unspecified atom stereocenters. The Kier molecular flexibility index (Phi) is 3.09. The van der Waals surface area contributed by atoms with E-state index in [1.807, 2.05) is 43.3 Å². The molecule has 7 nitrogen and oxygen atoms in total. The van der Waals surface area contributed by atoms with Crippen molar-refractivity contribution in [1.29, 1.82) is 0 Å². The van der Waals surface area contributed by atoms with Crippen molar-refractivity contribution < 1.29 is 4.74 Å². The predicted molar refractivity (Wildman–Crippen MR) is 82.0 cm³/mol. The maximum atomic E-state index is 6.02. The lowest BCUT2D eigenvalue weighted by molar-refractivity contribution is 0.401. The number of benzene rings is 1. The maximum Gasteiger partial charge on any atom is 0.245 e. The van der Waals surface area contributed by atoms with Gasteiger partial charge in [0.05, 0.1) is 12.8 Å². The van der Waals surface area contributed by atoms with Crippen LogP contribution >= 0.6 is 0 Å². The molecule has 0 amide bonds. The van der Waals surface area contributed by atoms with Gasteiger partial charge < -0.3 is 15.4 Å². The first-order chi connectivity index (χ1) is 10.1. The number of nitrogens with two attached hydrogens (primary N) is 1. The van der Waals surface area contributed by atoms with Crippen LogP contribution in [0.2, 0.25) is 0 Å². The molecule has 0 spiro atoms. The number of methoxy groups -OCH3 is 1. The first-order valence-electron chi connectivity index (χ1n) is 6.42. The molecule has 3 rings (SSSR count). The SMILES string of the molecule is COc1ncnc2c1nc(N)n2-c1ccc(N(C)C)cc1. The minimum absolute atomic E-state index is 0.349. The molecule has 7 heteroatoms. The van der Waals surface area contributed by atoms with E-state index in [1.54, 1.807) is 11.7 Å². The van der Waals surface area contributed by atoms with Crippen molar-refractivity contribution in [3.63, 3.8) is 0 Å². The summed E-state index contributed by atoms with van der Waals surface area (Å²) in [6, 6.07) is 7.97. The Morgan fingerprint density at radius 3 is 2.48 bits per heavy atom. The zero-order chi connectivity index (χ0) is 15.0. The molecule has 0 aliphatic carbocycles. The van der Waals surface area contributed by atoms with Crippen LogP contribution in [-0.4, -0.2) is 40.7 Å². The van der Waals surface area contributed by atoms with E-state index in [1.165, 1.54) is 6.33 Å². The lowest BCUT2D eigenvalue weighted by atomic mass is 10.2. The highest BCUT2D eigenvalue weighted by Crippen LogP contribution is 2.26. The average molecular weight is 284 g/mol. The number of nitrogens with zero attached hydrogens (tertiary/aromatic N) is 5. The van der Waals surface area contributed by atoms with Crippen LogP contribution in [0.3, 0.4) is 0 Å². The molecule has 0 bridgehead atoms. The monoisotopic (exact) mass is 284 g/mol. The molecule has 2 heterocycles. The first-order valence-corrected chi connectivity index (χ1v) is 6.42. The van der Waals surface area contributed by atoms with Crippen molar-refractivity contribution in [3.05, 3.63) is 30.6 Å². The van der Waals surface area contributed by atoms with Gasteiger partial charge >= 0.3 is 0 Å². The van der Waals surface area contributed by atoms with Crippen molar-refractivity contribution in [2.75, 3.05) is 31.8 Å². The third kappa shape index (κ3) is 2.12. The van der Waals surface area contributed by atoms with Crippen LogP contribution in [-0.2, 0) is 0 Å². The van der Waals surface area contributed by atoms with Gasteiger partial charge in [-0.25, -0.2) is 9.97 Å². The fourth-order valence-electron chi connectivity index (χ4n) is 2.19. The van der Waals surface area contributed by atoms with Gasteiger partial charge in [-0.2, -0.15) is 4.98 Å². The summed E-state index contributed by atoms with van der Waals surface area (Å²) >= 11 is 0. The zero-order valence-corrected chi connectivity index (χ0v) is 12.1.